The summed E-state index contributed by atoms with van der Waals surface area (Å²) < 4.78 is 5.06. The van der Waals surface area contributed by atoms with Crippen LogP contribution in [0.3, 0.4) is 0 Å². The van der Waals surface area contributed by atoms with E-state index < -0.39 is 11.3 Å². The van der Waals surface area contributed by atoms with E-state index in [0.717, 1.165) is 17.3 Å². The quantitative estimate of drug-likeness (QED) is 0.623. The first-order valence-corrected chi connectivity index (χ1v) is 6.96. The van der Waals surface area contributed by atoms with Crippen LogP contribution in [0.4, 0.5) is 4.79 Å². The summed E-state index contributed by atoms with van der Waals surface area (Å²) in [4.78, 5) is 22.5. The number of carbonyl (C=O) groups excluding carboxylic acids is 2. The molecule has 0 heterocycles. The van der Waals surface area contributed by atoms with Crippen molar-refractivity contribution in [2.24, 2.45) is 0 Å². The second-order valence-electron chi connectivity index (χ2n) is 4.08. The third kappa shape index (κ3) is 6.29. The summed E-state index contributed by atoms with van der Waals surface area (Å²) in [6, 6.07) is 8.64. The maximum Gasteiger partial charge on any atom is 0.367 e. The molecule has 6 heteroatoms. The van der Waals surface area contributed by atoms with E-state index in [9.17, 15) is 14.7 Å². The second kappa shape index (κ2) is 8.27. The van der Waals surface area contributed by atoms with E-state index in [1.54, 1.807) is 0 Å². The molecular weight excluding hydrogens is 278 g/mol. The number of thioether (sulfide) groups is 1. The molecule has 5 nitrogen and oxygen atoms in total. The molecule has 0 saturated heterocycles. The Kier molecular flexibility index (Phi) is 6.66. The number of aliphatic hydroxyl groups excluding tert-OH is 1. The van der Waals surface area contributed by atoms with Crippen molar-refractivity contribution in [1.29, 1.82) is 0 Å². The Morgan fingerprint density at radius 3 is 2.60 bits per heavy atom. The number of hydrogen-bond donors (Lipinski definition) is 2. The Labute approximate surface area is 122 Å². The van der Waals surface area contributed by atoms with Gasteiger partial charge in [0.2, 0.25) is 5.91 Å². The summed E-state index contributed by atoms with van der Waals surface area (Å²) in [5.41, 5.74) is 0.895. The minimum atomic E-state index is -0.665. The molecule has 0 aliphatic heterocycles. The van der Waals surface area contributed by atoms with Gasteiger partial charge in [0.25, 0.3) is 0 Å². The molecule has 1 aromatic carbocycles. The first-order valence-electron chi connectivity index (χ1n) is 5.97. The van der Waals surface area contributed by atoms with Crippen LogP contribution >= 0.6 is 11.8 Å². The summed E-state index contributed by atoms with van der Waals surface area (Å²) in [6.45, 7) is 4.88. The lowest BCUT2D eigenvalue weighted by Crippen LogP contribution is -2.36. The Morgan fingerprint density at radius 2 is 2.05 bits per heavy atom. The van der Waals surface area contributed by atoms with Gasteiger partial charge in [-0.25, -0.2) is 4.79 Å². The predicted octanol–water partition coefficient (Wildman–Crippen LogP) is 2.63. The number of rotatable bonds is 6. The molecule has 0 spiro atoms. The van der Waals surface area contributed by atoms with Crippen LogP contribution in [-0.4, -0.2) is 28.1 Å². The lowest BCUT2D eigenvalue weighted by Gasteiger charge is -2.15. The standard InChI is InChI=1S/C14H17NO4S/c1-10(16)13(15-11(2)17)9-20-14(18)19-8-12-6-4-3-5-7-12/h3-7,13,16H,1,8-9H2,2H3,(H,15,17)/t13-/m0/s1. The number of ether oxygens (including phenoxy) is 1. The summed E-state index contributed by atoms with van der Waals surface area (Å²) in [5.74, 6) is -0.324. The zero-order chi connectivity index (χ0) is 15.0. The molecule has 0 saturated carbocycles. The van der Waals surface area contributed by atoms with Gasteiger partial charge in [0.05, 0.1) is 6.04 Å². The molecule has 0 bridgehead atoms. The van der Waals surface area contributed by atoms with Gasteiger partial charge < -0.3 is 15.2 Å². The van der Waals surface area contributed by atoms with Crippen LogP contribution in [-0.2, 0) is 16.1 Å². The van der Waals surface area contributed by atoms with Crippen LogP contribution in [0.15, 0.2) is 42.7 Å². The fraction of sp³-hybridized carbons (Fsp3) is 0.286. The largest absolute Gasteiger partial charge is 0.511 e. The number of nitrogens with one attached hydrogen (secondary N) is 1. The highest BCUT2D eigenvalue weighted by molar-refractivity contribution is 8.13. The van der Waals surface area contributed by atoms with Crippen molar-refractivity contribution in [3.8, 4) is 0 Å². The van der Waals surface area contributed by atoms with Gasteiger partial charge in [0.15, 0.2) is 0 Å². The molecule has 1 aromatic rings. The van der Waals surface area contributed by atoms with Gasteiger partial charge in [-0.3, -0.25) is 4.79 Å². The second-order valence-corrected chi connectivity index (χ2v) is 5.04. The van der Waals surface area contributed by atoms with Gasteiger partial charge in [0, 0.05) is 12.7 Å². The van der Waals surface area contributed by atoms with E-state index in [-0.39, 0.29) is 24.0 Å². The summed E-state index contributed by atoms with van der Waals surface area (Å²) >= 11 is 0.877. The molecule has 0 fully saturated rings. The minimum absolute atomic E-state index is 0.169. The van der Waals surface area contributed by atoms with Crippen LogP contribution in [0, 0.1) is 0 Å². The Hall–Kier alpha value is -1.95. The Morgan fingerprint density at radius 1 is 1.40 bits per heavy atom. The Balaban J connectivity index is 2.34. The van der Waals surface area contributed by atoms with Crippen molar-refractivity contribution in [1.82, 2.24) is 5.32 Å². The molecule has 0 aliphatic carbocycles. The zero-order valence-electron chi connectivity index (χ0n) is 11.2. The topological polar surface area (TPSA) is 75.6 Å². The lowest BCUT2D eigenvalue weighted by molar-refractivity contribution is -0.119. The fourth-order valence-electron chi connectivity index (χ4n) is 1.38. The van der Waals surface area contributed by atoms with Crippen molar-refractivity contribution < 1.29 is 19.4 Å². The predicted molar refractivity (Wildman–Crippen MR) is 78.5 cm³/mol. The smallest absolute Gasteiger partial charge is 0.367 e. The molecule has 0 unspecified atom stereocenters. The van der Waals surface area contributed by atoms with Gasteiger partial charge in [-0.1, -0.05) is 36.9 Å². The monoisotopic (exact) mass is 295 g/mol. The van der Waals surface area contributed by atoms with Gasteiger partial charge in [-0.15, -0.1) is 0 Å². The SMILES string of the molecule is C=C(O)[C@H](CSC(=O)OCc1ccccc1)NC(C)=O. The Bertz CT molecular complexity index is 475. The van der Waals surface area contributed by atoms with Crippen LogP contribution < -0.4 is 5.32 Å². The average molecular weight is 295 g/mol. The zero-order valence-corrected chi connectivity index (χ0v) is 12.0. The van der Waals surface area contributed by atoms with Crippen molar-refractivity contribution >= 4 is 23.0 Å². The van der Waals surface area contributed by atoms with E-state index in [2.05, 4.69) is 11.9 Å². The van der Waals surface area contributed by atoms with Crippen LogP contribution in [0.25, 0.3) is 0 Å². The van der Waals surface area contributed by atoms with E-state index in [0.29, 0.717) is 0 Å². The van der Waals surface area contributed by atoms with Gasteiger partial charge in [-0.2, -0.15) is 0 Å². The number of aliphatic hydroxyl groups is 1. The number of carbonyl (C=O) groups is 2. The van der Waals surface area contributed by atoms with Crippen molar-refractivity contribution in [2.75, 3.05) is 5.75 Å². The lowest BCUT2D eigenvalue weighted by atomic mass is 10.2. The van der Waals surface area contributed by atoms with Gasteiger partial charge >= 0.3 is 5.30 Å². The maximum atomic E-state index is 11.5. The average Bonchev–Trinajstić information content (AvgIpc) is 2.41. The number of amides is 1. The molecule has 20 heavy (non-hydrogen) atoms. The molecule has 1 rings (SSSR count). The molecule has 0 aliphatic rings. The van der Waals surface area contributed by atoms with Crippen molar-refractivity contribution in [3.63, 3.8) is 0 Å². The molecule has 2 N–H and O–H groups in total. The van der Waals surface area contributed by atoms with Crippen LogP contribution in [0.5, 0.6) is 0 Å². The van der Waals surface area contributed by atoms with E-state index in [1.165, 1.54) is 6.92 Å². The summed E-state index contributed by atoms with van der Waals surface area (Å²) in [6.07, 6.45) is 0. The highest BCUT2D eigenvalue weighted by atomic mass is 32.2. The summed E-state index contributed by atoms with van der Waals surface area (Å²) in [5, 5.41) is 11.3. The summed E-state index contributed by atoms with van der Waals surface area (Å²) in [7, 11) is 0. The molecule has 1 atom stereocenters. The van der Waals surface area contributed by atoms with E-state index >= 15 is 0 Å². The fourth-order valence-corrected chi connectivity index (χ4v) is 2.10. The third-order valence-electron chi connectivity index (χ3n) is 2.35. The normalized spacial score (nSPS) is 11.4. The number of hydrogen-bond acceptors (Lipinski definition) is 5. The van der Waals surface area contributed by atoms with Crippen LogP contribution in [0.1, 0.15) is 12.5 Å². The third-order valence-corrected chi connectivity index (χ3v) is 3.20. The van der Waals surface area contributed by atoms with E-state index in [4.69, 9.17) is 4.74 Å². The van der Waals surface area contributed by atoms with Gasteiger partial charge in [0.1, 0.15) is 12.4 Å². The van der Waals surface area contributed by atoms with E-state index in [1.807, 2.05) is 30.3 Å². The molecule has 0 aromatic heterocycles. The first-order chi connectivity index (χ1) is 9.49. The minimum Gasteiger partial charge on any atom is -0.511 e. The molecule has 0 radical (unpaired) electrons. The first kappa shape index (κ1) is 16.1. The van der Waals surface area contributed by atoms with Crippen LogP contribution in [0.2, 0.25) is 0 Å². The maximum absolute atomic E-state index is 11.5. The van der Waals surface area contributed by atoms with Crippen molar-refractivity contribution in [2.45, 2.75) is 19.6 Å². The van der Waals surface area contributed by atoms with Gasteiger partial charge in [-0.05, 0) is 17.3 Å². The van der Waals surface area contributed by atoms with Crippen molar-refractivity contribution in [3.05, 3.63) is 48.2 Å². The molecular formula is C14H17NO4S. The molecule has 1 amide bonds. The highest BCUT2D eigenvalue weighted by Gasteiger charge is 2.16. The number of benzene rings is 1. The highest BCUT2D eigenvalue weighted by Crippen LogP contribution is 2.12. The molecule has 108 valence electrons.